The van der Waals surface area contributed by atoms with Gasteiger partial charge in [0.1, 0.15) is 5.75 Å². The van der Waals surface area contributed by atoms with Crippen LogP contribution in [0.4, 0.5) is 16.2 Å². The van der Waals surface area contributed by atoms with E-state index in [1.54, 1.807) is 35.0 Å². The third-order valence-corrected chi connectivity index (χ3v) is 3.41. The van der Waals surface area contributed by atoms with Gasteiger partial charge >= 0.3 is 6.03 Å². The monoisotopic (exact) mass is 292 g/mol. The molecule has 1 aliphatic rings. The maximum Gasteiger partial charge on any atom is 0.319 e. The Morgan fingerprint density at radius 2 is 2.19 bits per heavy atom. The highest BCUT2D eigenvalue weighted by Gasteiger charge is 2.25. The Bertz CT molecular complexity index is 547. The lowest BCUT2D eigenvalue weighted by atomic mass is 10.2. The van der Waals surface area contributed by atoms with E-state index in [2.05, 4.69) is 5.32 Å². The van der Waals surface area contributed by atoms with Crippen molar-refractivity contribution in [2.75, 3.05) is 44.8 Å². The van der Waals surface area contributed by atoms with Gasteiger partial charge in [-0.25, -0.2) is 4.79 Å². The summed E-state index contributed by atoms with van der Waals surface area (Å²) in [5.41, 5.74) is 6.80. The van der Waals surface area contributed by atoms with Crippen LogP contribution in [0.2, 0.25) is 0 Å². The number of rotatable bonds is 5. The van der Waals surface area contributed by atoms with Crippen molar-refractivity contribution in [3.8, 4) is 5.75 Å². The molecule has 1 aliphatic heterocycles. The molecule has 7 nitrogen and oxygen atoms in total. The van der Waals surface area contributed by atoms with Crippen LogP contribution >= 0.6 is 0 Å². The Morgan fingerprint density at radius 3 is 2.81 bits per heavy atom. The summed E-state index contributed by atoms with van der Waals surface area (Å²) in [6, 6.07) is 5.00. The van der Waals surface area contributed by atoms with Gasteiger partial charge in [-0.05, 0) is 12.1 Å². The molecule has 1 saturated heterocycles. The van der Waals surface area contributed by atoms with Gasteiger partial charge in [0.2, 0.25) is 5.91 Å². The quantitative estimate of drug-likeness (QED) is 0.792. The Labute approximate surface area is 123 Å². The molecule has 114 valence electrons. The van der Waals surface area contributed by atoms with Crippen LogP contribution in [0.5, 0.6) is 5.75 Å². The number of carbonyl (C=O) groups excluding carboxylic acids is 2. The maximum atomic E-state index is 12.0. The number of methoxy groups -OCH3 is 1. The van der Waals surface area contributed by atoms with Gasteiger partial charge in [0.05, 0.1) is 12.8 Å². The van der Waals surface area contributed by atoms with Gasteiger partial charge in [-0.15, -0.1) is 0 Å². The highest BCUT2D eigenvalue weighted by atomic mass is 16.5. The largest absolute Gasteiger partial charge is 0.494 e. The molecule has 1 aromatic carbocycles. The minimum Gasteiger partial charge on any atom is -0.494 e. The topological polar surface area (TPSA) is 87.9 Å². The maximum absolute atomic E-state index is 12.0. The molecular formula is C14H20N4O3. The van der Waals surface area contributed by atoms with Crippen LogP contribution < -0.4 is 15.8 Å². The van der Waals surface area contributed by atoms with E-state index in [4.69, 9.17) is 10.5 Å². The third-order valence-electron chi connectivity index (χ3n) is 3.41. The third kappa shape index (κ3) is 3.56. The molecule has 1 heterocycles. The first-order valence-corrected chi connectivity index (χ1v) is 6.74. The Morgan fingerprint density at radius 1 is 1.43 bits per heavy atom. The van der Waals surface area contributed by atoms with Crippen molar-refractivity contribution in [1.29, 1.82) is 0 Å². The number of hydrogen-bond acceptors (Lipinski definition) is 4. The second-order valence-corrected chi connectivity index (χ2v) is 4.95. The van der Waals surface area contributed by atoms with Crippen LogP contribution in [0.25, 0.3) is 0 Å². The average Bonchev–Trinajstić information content (AvgIpc) is 2.78. The molecule has 0 aromatic heterocycles. The zero-order valence-corrected chi connectivity index (χ0v) is 12.3. The predicted octanol–water partition coefficient (Wildman–Crippen LogP) is 0.973. The smallest absolute Gasteiger partial charge is 0.319 e. The van der Waals surface area contributed by atoms with Crippen molar-refractivity contribution in [3.05, 3.63) is 18.2 Å². The van der Waals surface area contributed by atoms with Crippen LogP contribution in [0.15, 0.2) is 18.2 Å². The zero-order valence-electron chi connectivity index (χ0n) is 12.3. The van der Waals surface area contributed by atoms with Gasteiger partial charge in [0.25, 0.3) is 0 Å². The number of likely N-dealkylation sites (N-methyl/N-ethyl adjacent to an activating group) is 1. The molecule has 1 fully saturated rings. The summed E-state index contributed by atoms with van der Waals surface area (Å²) in [5, 5.41) is 2.77. The molecule has 7 heteroatoms. The molecule has 2 rings (SSSR count). The number of nitrogens with one attached hydrogen (secondary N) is 1. The fourth-order valence-electron chi connectivity index (χ4n) is 2.17. The summed E-state index contributed by atoms with van der Waals surface area (Å²) in [6.45, 7) is 1.77. The average molecular weight is 292 g/mol. The number of carbonyl (C=O) groups is 2. The van der Waals surface area contributed by atoms with Crippen LogP contribution in [0, 0.1) is 0 Å². The summed E-state index contributed by atoms with van der Waals surface area (Å²) in [7, 11) is 3.27. The first-order valence-electron chi connectivity index (χ1n) is 6.74. The molecule has 0 unspecified atom stereocenters. The van der Waals surface area contributed by atoms with Gasteiger partial charge in [0.15, 0.2) is 0 Å². The van der Waals surface area contributed by atoms with Crippen molar-refractivity contribution in [1.82, 2.24) is 9.80 Å². The molecule has 0 spiro atoms. The highest BCUT2D eigenvalue weighted by Crippen LogP contribution is 2.26. The molecule has 3 N–H and O–H groups in total. The molecule has 21 heavy (non-hydrogen) atoms. The lowest BCUT2D eigenvalue weighted by molar-refractivity contribution is -0.116. The van der Waals surface area contributed by atoms with Crippen molar-refractivity contribution in [2.24, 2.45) is 0 Å². The summed E-state index contributed by atoms with van der Waals surface area (Å²) in [6.07, 6.45) is 0.243. The van der Waals surface area contributed by atoms with Gasteiger partial charge < -0.3 is 25.6 Å². The number of urea groups is 1. The first kappa shape index (κ1) is 15.0. The van der Waals surface area contributed by atoms with E-state index in [1.165, 1.54) is 7.11 Å². The van der Waals surface area contributed by atoms with Gasteiger partial charge in [-0.3, -0.25) is 4.79 Å². The van der Waals surface area contributed by atoms with Crippen LogP contribution in [0.3, 0.4) is 0 Å². The second kappa shape index (κ2) is 6.34. The Hall–Kier alpha value is -2.44. The summed E-state index contributed by atoms with van der Waals surface area (Å²) in [5.74, 6) is 0.348. The minimum absolute atomic E-state index is 0.0344. The normalized spacial score (nSPS) is 14.5. The first-order chi connectivity index (χ1) is 10.0. The lowest BCUT2D eigenvalue weighted by Gasteiger charge is -2.16. The van der Waals surface area contributed by atoms with E-state index < -0.39 is 0 Å². The van der Waals surface area contributed by atoms with E-state index in [0.717, 1.165) is 0 Å². The molecule has 0 radical (unpaired) electrons. The summed E-state index contributed by atoms with van der Waals surface area (Å²) < 4.78 is 5.17. The SMILES string of the molecule is COc1cc(N)ccc1NC(=O)CCN1CCN(C)C1=O. The van der Waals surface area contributed by atoms with E-state index in [9.17, 15) is 9.59 Å². The predicted molar refractivity (Wildman–Crippen MR) is 80.3 cm³/mol. The number of nitrogen functional groups attached to an aromatic ring is 1. The number of nitrogens with two attached hydrogens (primary N) is 1. The standard InChI is InChI=1S/C14H20N4O3/c1-17-7-8-18(14(17)20)6-5-13(19)16-11-4-3-10(15)9-12(11)21-2/h3-4,9H,5-8,15H2,1-2H3,(H,16,19). The number of ether oxygens (including phenoxy) is 1. The van der Waals surface area contributed by atoms with Crippen molar-refractivity contribution in [3.63, 3.8) is 0 Å². The Balaban J connectivity index is 1.89. The van der Waals surface area contributed by atoms with E-state index in [1.807, 2.05) is 0 Å². The summed E-state index contributed by atoms with van der Waals surface area (Å²) in [4.78, 5) is 27.0. The van der Waals surface area contributed by atoms with E-state index in [-0.39, 0.29) is 18.4 Å². The minimum atomic E-state index is -0.166. The van der Waals surface area contributed by atoms with Gasteiger partial charge in [-0.2, -0.15) is 0 Å². The number of nitrogens with zero attached hydrogens (tertiary/aromatic N) is 2. The molecule has 0 bridgehead atoms. The highest BCUT2D eigenvalue weighted by molar-refractivity contribution is 5.93. The molecule has 0 saturated carbocycles. The molecule has 0 atom stereocenters. The number of amides is 3. The number of hydrogen-bond donors (Lipinski definition) is 2. The molecular weight excluding hydrogens is 272 g/mol. The Kier molecular flexibility index (Phi) is 4.52. The molecule has 0 aliphatic carbocycles. The van der Waals surface area contributed by atoms with E-state index in [0.29, 0.717) is 36.8 Å². The number of benzene rings is 1. The van der Waals surface area contributed by atoms with Crippen molar-refractivity contribution >= 4 is 23.3 Å². The van der Waals surface area contributed by atoms with Crippen molar-refractivity contribution < 1.29 is 14.3 Å². The number of anilines is 2. The van der Waals surface area contributed by atoms with E-state index >= 15 is 0 Å². The van der Waals surface area contributed by atoms with Crippen LogP contribution in [-0.4, -0.2) is 55.5 Å². The summed E-state index contributed by atoms with van der Waals surface area (Å²) >= 11 is 0. The van der Waals surface area contributed by atoms with Gasteiger partial charge in [0, 0.05) is 44.9 Å². The molecule has 3 amide bonds. The van der Waals surface area contributed by atoms with Crippen LogP contribution in [0.1, 0.15) is 6.42 Å². The fourth-order valence-corrected chi connectivity index (χ4v) is 2.17. The lowest BCUT2D eigenvalue weighted by Crippen LogP contribution is -2.32. The second-order valence-electron chi connectivity index (χ2n) is 4.95. The van der Waals surface area contributed by atoms with Crippen LogP contribution in [-0.2, 0) is 4.79 Å². The van der Waals surface area contributed by atoms with Gasteiger partial charge in [-0.1, -0.05) is 0 Å². The fraction of sp³-hybridized carbons (Fsp3) is 0.429. The molecule has 1 aromatic rings. The zero-order chi connectivity index (χ0) is 15.4. The van der Waals surface area contributed by atoms with Crippen molar-refractivity contribution in [2.45, 2.75) is 6.42 Å².